The van der Waals surface area contributed by atoms with E-state index >= 15 is 0 Å². The van der Waals surface area contributed by atoms with E-state index in [1.165, 1.54) is 5.56 Å². The van der Waals surface area contributed by atoms with Crippen LogP contribution in [0.3, 0.4) is 0 Å². The van der Waals surface area contributed by atoms with Crippen LogP contribution >= 0.6 is 23.2 Å². The van der Waals surface area contributed by atoms with Crippen molar-refractivity contribution in [3.05, 3.63) is 69.8 Å². The van der Waals surface area contributed by atoms with Gasteiger partial charge in [-0.1, -0.05) is 43.1 Å². The highest BCUT2D eigenvalue weighted by atomic mass is 35.5. The molecule has 2 aliphatic carbocycles. The maximum Gasteiger partial charge on any atom is 0.120 e. The Bertz CT molecular complexity index is 1080. The van der Waals surface area contributed by atoms with Crippen LogP contribution in [0.1, 0.15) is 37.3 Å². The minimum atomic E-state index is -0.131. The third-order valence-corrected chi connectivity index (χ3v) is 7.67. The number of halogens is 2. The van der Waals surface area contributed by atoms with E-state index in [9.17, 15) is 5.11 Å². The number of nitrogens with zero attached hydrogens (tertiary/aromatic N) is 1. The van der Waals surface area contributed by atoms with Crippen LogP contribution in [0, 0.1) is 17.3 Å². The molecule has 5 rings (SSSR count). The average molecular weight is 428 g/mol. The molecule has 2 aliphatic rings. The van der Waals surface area contributed by atoms with Crippen molar-refractivity contribution in [3.63, 3.8) is 0 Å². The molecule has 3 aromatic rings. The fourth-order valence-corrected chi connectivity index (χ4v) is 5.84. The Morgan fingerprint density at radius 2 is 1.90 bits per heavy atom. The second-order valence-corrected chi connectivity index (χ2v) is 9.67. The molecular weight excluding hydrogens is 405 g/mol. The van der Waals surface area contributed by atoms with Gasteiger partial charge in [0, 0.05) is 27.2 Å². The second-order valence-electron chi connectivity index (χ2n) is 8.86. The summed E-state index contributed by atoms with van der Waals surface area (Å²) in [4.78, 5) is 4.55. The van der Waals surface area contributed by atoms with E-state index < -0.39 is 0 Å². The molecule has 4 atom stereocenters. The topological polar surface area (TPSA) is 42.4 Å². The molecule has 0 radical (unpaired) electrons. The van der Waals surface area contributed by atoms with Crippen molar-refractivity contribution in [2.24, 2.45) is 17.3 Å². The number of hydrogen-bond acceptors (Lipinski definition) is 3. The van der Waals surface area contributed by atoms with Gasteiger partial charge in [0.25, 0.3) is 0 Å². The Hall–Kier alpha value is -1.81. The van der Waals surface area contributed by atoms with Crippen LogP contribution < -0.4 is 4.74 Å². The van der Waals surface area contributed by atoms with Gasteiger partial charge in [0.05, 0.1) is 11.6 Å². The van der Waals surface area contributed by atoms with E-state index in [1.807, 2.05) is 36.5 Å². The number of aromatic nitrogens is 1. The molecule has 0 bridgehead atoms. The Balaban J connectivity index is 1.47. The van der Waals surface area contributed by atoms with E-state index in [0.29, 0.717) is 34.4 Å². The van der Waals surface area contributed by atoms with Gasteiger partial charge in [0.2, 0.25) is 0 Å². The van der Waals surface area contributed by atoms with Gasteiger partial charge < -0.3 is 9.84 Å². The van der Waals surface area contributed by atoms with Crippen LogP contribution in [0.4, 0.5) is 0 Å². The minimum Gasteiger partial charge on any atom is -0.489 e. The van der Waals surface area contributed by atoms with Crippen LogP contribution in [-0.2, 0) is 6.61 Å². The van der Waals surface area contributed by atoms with Gasteiger partial charge in [-0.25, -0.2) is 0 Å². The predicted octanol–water partition coefficient (Wildman–Crippen LogP) is 6.24. The van der Waals surface area contributed by atoms with Crippen LogP contribution in [0.2, 0.25) is 10.0 Å². The smallest absolute Gasteiger partial charge is 0.120 e. The zero-order valence-electron chi connectivity index (χ0n) is 16.4. The molecule has 0 aliphatic heterocycles. The van der Waals surface area contributed by atoms with Gasteiger partial charge in [-0.05, 0) is 71.6 Å². The number of hydrogen-bond donors (Lipinski definition) is 1. The first-order chi connectivity index (χ1) is 13.9. The normalized spacial score (nSPS) is 27.1. The summed E-state index contributed by atoms with van der Waals surface area (Å²) in [6.07, 6.45) is 2.78. The second kappa shape index (κ2) is 6.87. The van der Waals surface area contributed by atoms with Gasteiger partial charge in [0.1, 0.15) is 12.4 Å². The number of aliphatic hydroxyl groups excluding tert-OH is 1. The predicted molar refractivity (Wildman–Crippen MR) is 117 cm³/mol. The molecule has 1 aromatic heterocycles. The summed E-state index contributed by atoms with van der Waals surface area (Å²) in [6, 6.07) is 13.6. The molecule has 2 saturated carbocycles. The van der Waals surface area contributed by atoms with Gasteiger partial charge in [-0.15, -0.1) is 0 Å². The van der Waals surface area contributed by atoms with Crippen LogP contribution in [0.25, 0.3) is 10.9 Å². The lowest BCUT2D eigenvalue weighted by molar-refractivity contribution is 0.163. The van der Waals surface area contributed by atoms with Gasteiger partial charge >= 0.3 is 0 Å². The molecule has 0 saturated heterocycles. The van der Waals surface area contributed by atoms with E-state index in [4.69, 9.17) is 27.9 Å². The molecule has 0 spiro atoms. The van der Waals surface area contributed by atoms with Gasteiger partial charge in [-0.3, -0.25) is 4.98 Å². The van der Waals surface area contributed by atoms with E-state index in [0.717, 1.165) is 28.6 Å². The molecule has 0 amide bonds. The van der Waals surface area contributed by atoms with Gasteiger partial charge in [-0.2, -0.15) is 0 Å². The molecule has 5 heteroatoms. The van der Waals surface area contributed by atoms with E-state index in [-0.39, 0.29) is 11.5 Å². The van der Waals surface area contributed by atoms with Crippen molar-refractivity contribution in [1.29, 1.82) is 0 Å². The first-order valence-corrected chi connectivity index (χ1v) is 10.8. The van der Waals surface area contributed by atoms with Crippen LogP contribution in [0.5, 0.6) is 5.75 Å². The Morgan fingerprint density at radius 1 is 1.14 bits per heavy atom. The number of aliphatic hydroxyl groups is 1. The highest BCUT2D eigenvalue weighted by Crippen LogP contribution is 2.67. The third-order valence-electron chi connectivity index (χ3n) is 6.96. The Morgan fingerprint density at radius 3 is 2.59 bits per heavy atom. The lowest BCUT2D eigenvalue weighted by Gasteiger charge is -2.32. The Labute approximate surface area is 180 Å². The monoisotopic (exact) mass is 427 g/mol. The highest BCUT2D eigenvalue weighted by Gasteiger charge is 2.65. The van der Waals surface area contributed by atoms with Crippen molar-refractivity contribution in [1.82, 2.24) is 4.98 Å². The molecule has 1 heterocycles. The maximum absolute atomic E-state index is 10.2. The summed E-state index contributed by atoms with van der Waals surface area (Å²) in [5, 5.41) is 12.5. The molecule has 2 fully saturated rings. The number of benzene rings is 2. The molecule has 1 N–H and O–H groups in total. The lowest BCUT2D eigenvalue weighted by atomic mass is 9.73. The first-order valence-electron chi connectivity index (χ1n) is 10.0. The molecule has 150 valence electrons. The van der Waals surface area contributed by atoms with E-state index in [2.05, 4.69) is 31.0 Å². The zero-order chi connectivity index (χ0) is 20.3. The Kier molecular flexibility index (Phi) is 4.54. The zero-order valence-corrected chi connectivity index (χ0v) is 17.9. The van der Waals surface area contributed by atoms with Crippen molar-refractivity contribution in [3.8, 4) is 5.75 Å². The number of pyridine rings is 1. The summed E-state index contributed by atoms with van der Waals surface area (Å²) in [5.41, 5.74) is 3.11. The van der Waals surface area contributed by atoms with Crippen molar-refractivity contribution < 1.29 is 9.84 Å². The van der Waals surface area contributed by atoms with Crippen molar-refractivity contribution >= 4 is 34.1 Å². The average Bonchev–Trinajstić information content (AvgIpc) is 3.25. The molecule has 3 nitrogen and oxygen atoms in total. The lowest BCUT2D eigenvalue weighted by Crippen LogP contribution is -2.23. The summed E-state index contributed by atoms with van der Waals surface area (Å²) in [5.74, 6) is 2.00. The molecular formula is C24H23Cl2NO2. The standard InChI is InChI=1S/C24H23Cl2NO2/c1-24(2)18(11-16-22(24)23(16)28)14-8-9-27-21-7-6-13(10-15(14)21)29-12-17-19(25)4-3-5-20(17)26/h3-10,16,18,22-23,28H,11-12H2,1-2H3/t16-,18?,22?,23-/m0/s1. The van der Waals surface area contributed by atoms with Gasteiger partial charge in [0.15, 0.2) is 0 Å². The largest absolute Gasteiger partial charge is 0.489 e. The molecule has 29 heavy (non-hydrogen) atoms. The van der Waals surface area contributed by atoms with Crippen LogP contribution in [-0.4, -0.2) is 16.2 Å². The van der Waals surface area contributed by atoms with Crippen molar-refractivity contribution in [2.75, 3.05) is 0 Å². The SMILES string of the molecule is CC1(C)C(c2ccnc3ccc(OCc4c(Cl)cccc4Cl)cc23)C[C@H]2C1[C@H]2O. The quantitative estimate of drug-likeness (QED) is 0.535. The number of fused-ring (bicyclic) bond motifs is 2. The fraction of sp³-hybridized carbons (Fsp3) is 0.375. The minimum absolute atomic E-state index is 0.0698. The fourth-order valence-electron chi connectivity index (χ4n) is 5.34. The van der Waals surface area contributed by atoms with Crippen molar-refractivity contribution in [2.45, 2.75) is 38.9 Å². The number of rotatable bonds is 4. The number of ether oxygens (including phenoxy) is 1. The first kappa shape index (κ1) is 19.2. The third kappa shape index (κ3) is 3.11. The summed E-state index contributed by atoms with van der Waals surface area (Å²) in [6.45, 7) is 4.88. The molecule has 2 aromatic carbocycles. The summed E-state index contributed by atoms with van der Waals surface area (Å²) >= 11 is 12.5. The summed E-state index contributed by atoms with van der Waals surface area (Å²) in [7, 11) is 0. The summed E-state index contributed by atoms with van der Waals surface area (Å²) < 4.78 is 6.04. The van der Waals surface area contributed by atoms with E-state index in [1.54, 1.807) is 0 Å². The highest BCUT2D eigenvalue weighted by molar-refractivity contribution is 6.35. The molecule has 2 unspecified atom stereocenters. The maximum atomic E-state index is 10.2. The van der Waals surface area contributed by atoms with Crippen LogP contribution in [0.15, 0.2) is 48.7 Å².